The van der Waals surface area contributed by atoms with Crippen LogP contribution in [0.2, 0.25) is 0 Å². The van der Waals surface area contributed by atoms with E-state index in [4.69, 9.17) is 18.0 Å². The molecule has 1 aromatic heterocycles. The molecule has 0 bridgehead atoms. The van der Waals surface area contributed by atoms with Crippen LogP contribution in [-0.4, -0.2) is 15.5 Å². The Balaban J connectivity index is 1.55. The van der Waals surface area contributed by atoms with Crippen molar-refractivity contribution < 1.29 is 9.18 Å². The molecule has 4 N–H and O–H groups in total. The van der Waals surface area contributed by atoms with Crippen molar-refractivity contribution in [3.05, 3.63) is 88.4 Å². The number of imidazole rings is 1. The number of nitrogens with one attached hydrogen (secondary N) is 2. The summed E-state index contributed by atoms with van der Waals surface area (Å²) in [6.45, 7) is 0.468. The van der Waals surface area contributed by atoms with Gasteiger partial charge in [0.2, 0.25) is 0 Å². The number of fused-ring (bicyclic) bond motifs is 1. The standard InChI is InChI=1S/C21H17FN4OS/c22-15-9-10-18-19(11-15)26(21(28)25-18)12-13-5-7-14(8-6-13)20(27)24-17-4-2-1-3-16(17)23/h1-11H,12,23H2,(H,24,27)(H,25,28). The molecule has 4 rings (SSSR count). The second-order valence-corrected chi connectivity index (χ2v) is 6.80. The van der Waals surface area contributed by atoms with Gasteiger partial charge in [0.05, 0.1) is 29.0 Å². The number of nitrogens with two attached hydrogens (primary N) is 1. The molecule has 140 valence electrons. The lowest BCUT2D eigenvalue weighted by Gasteiger charge is -2.09. The number of nitrogens with zero attached hydrogens (tertiary/aromatic N) is 1. The highest BCUT2D eigenvalue weighted by Crippen LogP contribution is 2.19. The van der Waals surface area contributed by atoms with E-state index in [9.17, 15) is 9.18 Å². The highest BCUT2D eigenvalue weighted by Gasteiger charge is 2.10. The SMILES string of the molecule is Nc1ccccc1NC(=O)c1ccc(Cn2c(=S)[nH]c3ccc(F)cc32)cc1. The highest BCUT2D eigenvalue weighted by molar-refractivity contribution is 7.71. The minimum Gasteiger partial charge on any atom is -0.397 e. The van der Waals surface area contributed by atoms with Crippen molar-refractivity contribution in [2.24, 2.45) is 0 Å². The van der Waals surface area contributed by atoms with Gasteiger partial charge in [-0.25, -0.2) is 4.39 Å². The van der Waals surface area contributed by atoms with Crippen LogP contribution in [0, 0.1) is 10.6 Å². The average molecular weight is 392 g/mol. The van der Waals surface area contributed by atoms with E-state index < -0.39 is 0 Å². The maximum absolute atomic E-state index is 13.6. The van der Waals surface area contributed by atoms with Gasteiger partial charge in [0.1, 0.15) is 5.82 Å². The first-order chi connectivity index (χ1) is 13.5. The van der Waals surface area contributed by atoms with Crippen LogP contribution in [0.3, 0.4) is 0 Å². The quantitative estimate of drug-likeness (QED) is 0.347. The smallest absolute Gasteiger partial charge is 0.255 e. The first-order valence-corrected chi connectivity index (χ1v) is 9.05. The molecule has 0 aliphatic carbocycles. The van der Waals surface area contributed by atoms with Gasteiger partial charge >= 0.3 is 0 Å². The van der Waals surface area contributed by atoms with E-state index in [1.807, 2.05) is 22.8 Å². The zero-order chi connectivity index (χ0) is 19.7. The van der Waals surface area contributed by atoms with Crippen LogP contribution < -0.4 is 11.1 Å². The van der Waals surface area contributed by atoms with E-state index in [0.717, 1.165) is 11.1 Å². The molecule has 0 aliphatic heterocycles. The third-order valence-corrected chi connectivity index (χ3v) is 4.83. The number of hydrogen-bond donors (Lipinski definition) is 3. The Morgan fingerprint density at radius 3 is 2.61 bits per heavy atom. The summed E-state index contributed by atoms with van der Waals surface area (Å²) in [5.74, 6) is -0.558. The maximum Gasteiger partial charge on any atom is 0.255 e. The molecule has 1 heterocycles. The topological polar surface area (TPSA) is 75.8 Å². The van der Waals surface area contributed by atoms with Crippen molar-refractivity contribution in [1.82, 2.24) is 9.55 Å². The minimum absolute atomic E-state index is 0.241. The normalized spacial score (nSPS) is 10.9. The summed E-state index contributed by atoms with van der Waals surface area (Å²) in [4.78, 5) is 15.5. The Morgan fingerprint density at radius 2 is 1.86 bits per heavy atom. The number of amides is 1. The van der Waals surface area contributed by atoms with Crippen LogP contribution in [0.4, 0.5) is 15.8 Å². The van der Waals surface area contributed by atoms with Crippen LogP contribution in [-0.2, 0) is 6.54 Å². The lowest BCUT2D eigenvalue weighted by Crippen LogP contribution is -2.13. The number of hydrogen-bond acceptors (Lipinski definition) is 3. The third-order valence-electron chi connectivity index (χ3n) is 4.50. The minimum atomic E-state index is -0.317. The summed E-state index contributed by atoms with van der Waals surface area (Å²) in [5.41, 5.74) is 9.88. The van der Waals surface area contributed by atoms with Crippen LogP contribution in [0.5, 0.6) is 0 Å². The summed E-state index contributed by atoms with van der Waals surface area (Å²) in [6.07, 6.45) is 0. The summed E-state index contributed by atoms with van der Waals surface area (Å²) < 4.78 is 15.9. The Hall–Kier alpha value is -3.45. The molecule has 0 unspecified atom stereocenters. The Kier molecular flexibility index (Phi) is 4.67. The lowest BCUT2D eigenvalue weighted by atomic mass is 10.1. The van der Waals surface area contributed by atoms with Gasteiger partial charge in [-0.05, 0) is 60.2 Å². The van der Waals surface area contributed by atoms with Crippen LogP contribution >= 0.6 is 12.2 Å². The average Bonchev–Trinajstić information content (AvgIpc) is 2.99. The van der Waals surface area contributed by atoms with E-state index in [1.165, 1.54) is 12.1 Å². The molecule has 28 heavy (non-hydrogen) atoms. The first-order valence-electron chi connectivity index (χ1n) is 8.64. The number of carbonyl (C=O) groups is 1. The van der Waals surface area contributed by atoms with Crippen molar-refractivity contribution in [1.29, 1.82) is 0 Å². The molecule has 0 spiro atoms. The lowest BCUT2D eigenvalue weighted by molar-refractivity contribution is 0.102. The Labute approximate surface area is 165 Å². The fourth-order valence-corrected chi connectivity index (χ4v) is 3.31. The van der Waals surface area contributed by atoms with E-state index >= 15 is 0 Å². The van der Waals surface area contributed by atoms with Crippen molar-refractivity contribution in [3.8, 4) is 0 Å². The number of benzene rings is 3. The van der Waals surface area contributed by atoms with Crippen LogP contribution in [0.1, 0.15) is 15.9 Å². The van der Waals surface area contributed by atoms with Crippen molar-refractivity contribution >= 4 is 40.5 Å². The van der Waals surface area contributed by atoms with Gasteiger partial charge in [0, 0.05) is 5.56 Å². The highest BCUT2D eigenvalue weighted by atomic mass is 32.1. The number of rotatable bonds is 4. The monoisotopic (exact) mass is 392 g/mol. The van der Waals surface area contributed by atoms with Gasteiger partial charge in [0.25, 0.3) is 5.91 Å². The second kappa shape index (κ2) is 7.28. The van der Waals surface area contributed by atoms with Gasteiger partial charge in [-0.3, -0.25) is 4.79 Å². The fraction of sp³-hybridized carbons (Fsp3) is 0.0476. The fourth-order valence-electron chi connectivity index (χ4n) is 3.03. The zero-order valence-corrected chi connectivity index (χ0v) is 15.6. The van der Waals surface area contributed by atoms with Crippen molar-refractivity contribution in [3.63, 3.8) is 0 Å². The van der Waals surface area contributed by atoms with E-state index in [0.29, 0.717) is 33.8 Å². The number of para-hydroxylation sites is 2. The summed E-state index contributed by atoms with van der Waals surface area (Å²) >= 11 is 5.36. The molecule has 7 heteroatoms. The molecule has 0 fully saturated rings. The third kappa shape index (κ3) is 3.52. The van der Waals surface area contributed by atoms with Crippen molar-refractivity contribution in [2.45, 2.75) is 6.54 Å². The molecule has 4 aromatic rings. The first kappa shape index (κ1) is 17.9. The van der Waals surface area contributed by atoms with Gasteiger partial charge in [-0.15, -0.1) is 0 Å². The molecule has 0 radical (unpaired) electrons. The largest absolute Gasteiger partial charge is 0.397 e. The second-order valence-electron chi connectivity index (χ2n) is 6.42. The predicted octanol–water partition coefficient (Wildman–Crippen LogP) is 4.72. The molecular weight excluding hydrogens is 375 g/mol. The molecule has 0 aliphatic rings. The van der Waals surface area contributed by atoms with Gasteiger partial charge in [0.15, 0.2) is 4.77 Å². The van der Waals surface area contributed by atoms with Gasteiger partial charge in [-0.2, -0.15) is 0 Å². The summed E-state index contributed by atoms with van der Waals surface area (Å²) in [7, 11) is 0. The van der Waals surface area contributed by atoms with Crippen LogP contribution in [0.15, 0.2) is 66.7 Å². The zero-order valence-electron chi connectivity index (χ0n) is 14.8. The number of carbonyl (C=O) groups excluding carboxylic acids is 1. The number of aromatic amines is 1. The number of H-pyrrole nitrogens is 1. The molecule has 0 saturated heterocycles. The molecule has 1 amide bonds. The Morgan fingerprint density at radius 1 is 1.11 bits per heavy atom. The summed E-state index contributed by atoms with van der Waals surface area (Å²) in [5, 5.41) is 2.80. The maximum atomic E-state index is 13.6. The molecule has 3 aromatic carbocycles. The van der Waals surface area contributed by atoms with E-state index in [-0.39, 0.29) is 11.7 Å². The van der Waals surface area contributed by atoms with E-state index in [2.05, 4.69) is 10.3 Å². The van der Waals surface area contributed by atoms with Crippen LogP contribution in [0.25, 0.3) is 11.0 Å². The van der Waals surface area contributed by atoms with Gasteiger partial charge in [-0.1, -0.05) is 24.3 Å². The van der Waals surface area contributed by atoms with Crippen molar-refractivity contribution in [2.75, 3.05) is 11.1 Å². The van der Waals surface area contributed by atoms with E-state index in [1.54, 1.807) is 36.4 Å². The number of anilines is 2. The molecule has 0 saturated carbocycles. The van der Waals surface area contributed by atoms with Gasteiger partial charge < -0.3 is 20.6 Å². The molecular formula is C21H17FN4OS. The molecule has 5 nitrogen and oxygen atoms in total. The summed E-state index contributed by atoms with van der Waals surface area (Å²) in [6, 6.07) is 18.8. The number of nitrogen functional groups attached to an aromatic ring is 1. The predicted molar refractivity (Wildman–Crippen MR) is 111 cm³/mol. The number of halogens is 1. The number of aromatic nitrogens is 2. The Bertz CT molecular complexity index is 1230. The molecule has 0 atom stereocenters.